The average molecular weight is 405 g/mol. The fourth-order valence-electron chi connectivity index (χ4n) is 4.29. The smallest absolute Gasteiger partial charge is 0.304 e. The molecule has 1 N–H and O–H groups in total. The lowest BCUT2D eigenvalue weighted by atomic mass is 9.63. The minimum atomic E-state index is -0.846. The molecule has 0 aromatic heterocycles. The monoisotopic (exact) mass is 404 g/mol. The summed E-state index contributed by atoms with van der Waals surface area (Å²) in [4.78, 5) is 11.1. The van der Waals surface area contributed by atoms with Crippen LogP contribution in [-0.2, 0) is 22.2 Å². The number of aliphatic carboxylic acids is 1. The van der Waals surface area contributed by atoms with Gasteiger partial charge in [-0.3, -0.25) is 4.79 Å². The van der Waals surface area contributed by atoms with Crippen LogP contribution in [-0.4, -0.2) is 11.1 Å². The Balaban J connectivity index is 1.73. The van der Waals surface area contributed by atoms with Crippen LogP contribution >= 0.6 is 0 Å². The first-order valence-electron chi connectivity index (χ1n) is 10.6. The van der Waals surface area contributed by atoms with Crippen molar-refractivity contribution in [1.82, 2.24) is 0 Å². The molecular formula is C27H32O3. The standard InChI is InChI=1S/C27H32O3/c1-6-7-21(17-25(28)29)20-9-11-22(12-10-20)30-18-19-8-13-23-24(16-19)27(4,5)15-14-26(23,2)3/h8-13,16,21H,14-15,17-18H2,1-5H3,(H,28,29)/t21-/m1/s1. The minimum Gasteiger partial charge on any atom is -0.489 e. The van der Waals surface area contributed by atoms with Crippen LogP contribution in [0.25, 0.3) is 0 Å². The van der Waals surface area contributed by atoms with Crippen LogP contribution in [0.4, 0.5) is 0 Å². The molecule has 1 aliphatic carbocycles. The fraction of sp³-hybridized carbons (Fsp3) is 0.444. The second-order valence-electron chi connectivity index (χ2n) is 9.55. The molecule has 3 nitrogen and oxygen atoms in total. The van der Waals surface area contributed by atoms with E-state index in [1.165, 1.54) is 29.5 Å². The van der Waals surface area contributed by atoms with Gasteiger partial charge in [-0.1, -0.05) is 63.9 Å². The van der Waals surface area contributed by atoms with Gasteiger partial charge < -0.3 is 9.84 Å². The van der Waals surface area contributed by atoms with Gasteiger partial charge in [0.2, 0.25) is 0 Å². The normalized spacial score (nSPS) is 17.2. The van der Waals surface area contributed by atoms with Crippen LogP contribution in [0.5, 0.6) is 5.75 Å². The lowest BCUT2D eigenvalue weighted by Crippen LogP contribution is -2.33. The highest BCUT2D eigenvalue weighted by Gasteiger charge is 2.36. The van der Waals surface area contributed by atoms with Crippen LogP contribution < -0.4 is 4.74 Å². The zero-order valence-electron chi connectivity index (χ0n) is 18.7. The Hall–Kier alpha value is -2.73. The number of fused-ring (bicyclic) bond motifs is 1. The van der Waals surface area contributed by atoms with Crippen LogP contribution in [0.15, 0.2) is 42.5 Å². The number of hydrogen-bond acceptors (Lipinski definition) is 2. The molecule has 0 unspecified atom stereocenters. The molecule has 0 heterocycles. The number of rotatable bonds is 6. The SMILES string of the molecule is CC#C[C@H](CC(=O)O)c1ccc(OCc2ccc3c(c2)C(C)(C)CCC3(C)C)cc1. The molecule has 0 saturated heterocycles. The maximum absolute atomic E-state index is 11.1. The van der Waals surface area contributed by atoms with Crippen molar-refractivity contribution in [3.63, 3.8) is 0 Å². The summed E-state index contributed by atoms with van der Waals surface area (Å²) in [6, 6.07) is 14.4. The molecule has 2 aromatic carbocycles. The summed E-state index contributed by atoms with van der Waals surface area (Å²) >= 11 is 0. The summed E-state index contributed by atoms with van der Waals surface area (Å²) in [6.45, 7) is 11.6. The molecule has 158 valence electrons. The zero-order valence-corrected chi connectivity index (χ0v) is 18.7. The fourth-order valence-corrected chi connectivity index (χ4v) is 4.29. The van der Waals surface area contributed by atoms with Crippen molar-refractivity contribution in [2.75, 3.05) is 0 Å². The predicted octanol–water partition coefficient (Wildman–Crippen LogP) is 6.20. The zero-order chi connectivity index (χ0) is 21.9. The molecule has 3 heteroatoms. The quantitative estimate of drug-likeness (QED) is 0.583. The highest BCUT2D eigenvalue weighted by atomic mass is 16.5. The highest BCUT2D eigenvalue weighted by Crippen LogP contribution is 2.45. The average Bonchev–Trinajstić information content (AvgIpc) is 2.70. The third-order valence-corrected chi connectivity index (χ3v) is 6.30. The number of carboxylic acid groups (broad SMARTS) is 1. The Bertz CT molecular complexity index is 971. The topological polar surface area (TPSA) is 46.5 Å². The largest absolute Gasteiger partial charge is 0.489 e. The molecule has 0 bridgehead atoms. The van der Waals surface area contributed by atoms with E-state index in [1.807, 2.05) is 24.3 Å². The summed E-state index contributed by atoms with van der Waals surface area (Å²) in [5.41, 5.74) is 5.36. The maximum atomic E-state index is 11.1. The number of benzene rings is 2. The number of ether oxygens (including phenoxy) is 1. The molecule has 0 amide bonds. The molecule has 0 spiro atoms. The van der Waals surface area contributed by atoms with Gasteiger partial charge in [0.25, 0.3) is 0 Å². The molecule has 3 rings (SSSR count). The van der Waals surface area contributed by atoms with Crippen molar-refractivity contribution in [3.8, 4) is 17.6 Å². The number of carbonyl (C=O) groups is 1. The van der Waals surface area contributed by atoms with E-state index in [4.69, 9.17) is 9.84 Å². The van der Waals surface area contributed by atoms with E-state index in [9.17, 15) is 4.79 Å². The second-order valence-corrected chi connectivity index (χ2v) is 9.55. The van der Waals surface area contributed by atoms with Crippen molar-refractivity contribution < 1.29 is 14.6 Å². The van der Waals surface area contributed by atoms with Gasteiger partial charge in [-0.15, -0.1) is 5.92 Å². The summed E-state index contributed by atoms with van der Waals surface area (Å²) < 4.78 is 6.03. The van der Waals surface area contributed by atoms with Crippen molar-refractivity contribution in [1.29, 1.82) is 0 Å². The molecule has 1 atom stereocenters. The van der Waals surface area contributed by atoms with Gasteiger partial charge in [-0.2, -0.15) is 0 Å². The predicted molar refractivity (Wildman–Crippen MR) is 121 cm³/mol. The van der Waals surface area contributed by atoms with Gasteiger partial charge in [-0.05, 0) is 65.0 Å². The Morgan fingerprint density at radius 3 is 2.27 bits per heavy atom. The van der Waals surface area contributed by atoms with Gasteiger partial charge >= 0.3 is 5.97 Å². The third-order valence-electron chi connectivity index (χ3n) is 6.30. The lowest BCUT2D eigenvalue weighted by Gasteiger charge is -2.42. The Morgan fingerprint density at radius 1 is 1.03 bits per heavy atom. The van der Waals surface area contributed by atoms with Gasteiger partial charge in [0, 0.05) is 0 Å². The Labute approximate surface area is 180 Å². The first-order valence-corrected chi connectivity index (χ1v) is 10.6. The molecule has 0 fully saturated rings. The molecule has 30 heavy (non-hydrogen) atoms. The van der Waals surface area contributed by atoms with Crippen LogP contribution in [0, 0.1) is 11.8 Å². The summed E-state index contributed by atoms with van der Waals surface area (Å²) in [5, 5.41) is 9.10. The first kappa shape index (κ1) is 22.0. The summed E-state index contributed by atoms with van der Waals surface area (Å²) in [5.74, 6) is 5.43. The van der Waals surface area contributed by atoms with Gasteiger partial charge in [-0.25, -0.2) is 0 Å². The Morgan fingerprint density at radius 2 is 1.67 bits per heavy atom. The van der Waals surface area contributed by atoms with Crippen LogP contribution in [0.1, 0.15) is 82.1 Å². The van der Waals surface area contributed by atoms with Crippen molar-refractivity contribution in [3.05, 3.63) is 64.7 Å². The third kappa shape index (κ3) is 4.87. The molecule has 0 radical (unpaired) electrons. The van der Waals surface area contributed by atoms with E-state index in [0.29, 0.717) is 6.61 Å². The van der Waals surface area contributed by atoms with Crippen LogP contribution in [0.2, 0.25) is 0 Å². The molecule has 2 aromatic rings. The molecular weight excluding hydrogens is 372 g/mol. The van der Waals surface area contributed by atoms with Crippen molar-refractivity contribution >= 4 is 5.97 Å². The van der Waals surface area contributed by atoms with Gasteiger partial charge in [0.15, 0.2) is 0 Å². The molecule has 1 aliphatic rings. The van der Waals surface area contributed by atoms with Crippen LogP contribution in [0.3, 0.4) is 0 Å². The van der Waals surface area contributed by atoms with E-state index < -0.39 is 5.97 Å². The van der Waals surface area contributed by atoms with Gasteiger partial charge in [0.05, 0.1) is 12.3 Å². The number of hydrogen-bond donors (Lipinski definition) is 1. The second kappa shape index (κ2) is 8.56. The van der Waals surface area contributed by atoms with Crippen molar-refractivity contribution in [2.24, 2.45) is 0 Å². The maximum Gasteiger partial charge on any atom is 0.304 e. The Kier molecular flexibility index (Phi) is 6.27. The van der Waals surface area contributed by atoms with Gasteiger partial charge in [0.1, 0.15) is 12.4 Å². The molecule has 0 aliphatic heterocycles. The number of carboxylic acids is 1. The van der Waals surface area contributed by atoms with E-state index >= 15 is 0 Å². The molecule has 0 saturated carbocycles. The van der Waals surface area contributed by atoms with E-state index in [2.05, 4.69) is 57.7 Å². The van der Waals surface area contributed by atoms with Crippen molar-refractivity contribution in [2.45, 2.75) is 77.2 Å². The first-order chi connectivity index (χ1) is 14.1. The van der Waals surface area contributed by atoms with E-state index in [-0.39, 0.29) is 23.2 Å². The van der Waals surface area contributed by atoms with E-state index in [0.717, 1.165) is 11.3 Å². The minimum absolute atomic E-state index is 0.00228. The summed E-state index contributed by atoms with van der Waals surface area (Å²) in [7, 11) is 0. The summed E-state index contributed by atoms with van der Waals surface area (Å²) in [6.07, 6.45) is 2.40. The lowest BCUT2D eigenvalue weighted by molar-refractivity contribution is -0.137. The highest BCUT2D eigenvalue weighted by molar-refractivity contribution is 5.69. The van der Waals surface area contributed by atoms with E-state index in [1.54, 1.807) is 6.92 Å².